The van der Waals surface area contributed by atoms with Gasteiger partial charge in [0.25, 0.3) is 5.91 Å². The molecule has 0 radical (unpaired) electrons. The van der Waals surface area contributed by atoms with Crippen molar-refractivity contribution in [1.82, 2.24) is 20.1 Å². The van der Waals surface area contributed by atoms with Gasteiger partial charge in [-0.3, -0.25) is 14.9 Å². The van der Waals surface area contributed by atoms with Gasteiger partial charge in [0, 0.05) is 25.5 Å². The number of pyridine rings is 1. The molecular formula is C13H18N4O. The van der Waals surface area contributed by atoms with Gasteiger partial charge in [-0.2, -0.15) is 5.10 Å². The molecule has 2 aromatic heterocycles. The molecule has 0 aliphatic rings. The molecule has 0 unspecified atom stereocenters. The minimum Gasteiger partial charge on any atom is -0.337 e. The Bertz CT molecular complexity index is 529. The highest BCUT2D eigenvalue weighted by Crippen LogP contribution is 2.16. The van der Waals surface area contributed by atoms with Crippen molar-refractivity contribution in [2.45, 2.75) is 26.7 Å². The van der Waals surface area contributed by atoms with Gasteiger partial charge in [0.05, 0.1) is 10.9 Å². The number of nitrogens with one attached hydrogen (secondary N) is 1. The molecule has 5 heteroatoms. The molecule has 0 aromatic carbocycles. The largest absolute Gasteiger partial charge is 0.337 e. The molecule has 0 bridgehead atoms. The van der Waals surface area contributed by atoms with Crippen molar-refractivity contribution in [1.29, 1.82) is 0 Å². The molecule has 0 aliphatic carbocycles. The molecule has 18 heavy (non-hydrogen) atoms. The van der Waals surface area contributed by atoms with Crippen molar-refractivity contribution < 1.29 is 4.79 Å². The molecule has 0 fully saturated rings. The SMILES string of the molecule is CCCN(CCC)C(=O)c1n[nH]c2ccncc12. The number of H-pyrrole nitrogens is 1. The van der Waals surface area contributed by atoms with Gasteiger partial charge in [-0.05, 0) is 18.9 Å². The van der Waals surface area contributed by atoms with Crippen molar-refractivity contribution in [3.8, 4) is 0 Å². The molecule has 0 atom stereocenters. The third-order valence-electron chi connectivity index (χ3n) is 2.84. The topological polar surface area (TPSA) is 61.9 Å². The Labute approximate surface area is 106 Å². The highest BCUT2D eigenvalue weighted by Gasteiger charge is 2.19. The molecule has 0 spiro atoms. The first kappa shape index (κ1) is 12.5. The van der Waals surface area contributed by atoms with Crippen LogP contribution in [0, 0.1) is 0 Å². The molecular weight excluding hydrogens is 228 g/mol. The quantitative estimate of drug-likeness (QED) is 0.879. The number of carbonyl (C=O) groups is 1. The second kappa shape index (κ2) is 5.62. The van der Waals surface area contributed by atoms with Crippen LogP contribution >= 0.6 is 0 Å². The third kappa shape index (κ3) is 2.34. The summed E-state index contributed by atoms with van der Waals surface area (Å²) < 4.78 is 0. The van der Waals surface area contributed by atoms with Crippen molar-refractivity contribution in [3.05, 3.63) is 24.2 Å². The normalized spacial score (nSPS) is 10.8. The predicted molar refractivity (Wildman–Crippen MR) is 70.4 cm³/mol. The van der Waals surface area contributed by atoms with E-state index in [-0.39, 0.29) is 5.91 Å². The summed E-state index contributed by atoms with van der Waals surface area (Å²) in [5.41, 5.74) is 1.32. The van der Waals surface area contributed by atoms with Gasteiger partial charge in [0.15, 0.2) is 5.69 Å². The van der Waals surface area contributed by atoms with Crippen molar-refractivity contribution in [2.24, 2.45) is 0 Å². The molecule has 0 saturated carbocycles. The van der Waals surface area contributed by atoms with Gasteiger partial charge in [0.2, 0.25) is 0 Å². The zero-order valence-corrected chi connectivity index (χ0v) is 10.8. The van der Waals surface area contributed by atoms with Gasteiger partial charge >= 0.3 is 0 Å². The number of nitrogens with zero attached hydrogens (tertiary/aromatic N) is 3. The van der Waals surface area contributed by atoms with Crippen LogP contribution in [0.5, 0.6) is 0 Å². The Morgan fingerprint density at radius 2 is 2.06 bits per heavy atom. The minimum atomic E-state index is -0.0158. The lowest BCUT2D eigenvalue weighted by atomic mass is 10.2. The van der Waals surface area contributed by atoms with E-state index in [1.807, 2.05) is 11.0 Å². The zero-order valence-electron chi connectivity index (χ0n) is 10.8. The average molecular weight is 246 g/mol. The van der Waals surface area contributed by atoms with Crippen LogP contribution < -0.4 is 0 Å². The first-order valence-corrected chi connectivity index (χ1v) is 6.35. The van der Waals surface area contributed by atoms with Gasteiger partial charge < -0.3 is 4.90 Å². The molecule has 0 aliphatic heterocycles. The Morgan fingerprint density at radius 1 is 1.33 bits per heavy atom. The molecule has 2 heterocycles. The Kier molecular flexibility index (Phi) is 3.92. The van der Waals surface area contributed by atoms with E-state index in [1.165, 1.54) is 0 Å². The van der Waals surface area contributed by atoms with Gasteiger partial charge in [-0.1, -0.05) is 13.8 Å². The summed E-state index contributed by atoms with van der Waals surface area (Å²) in [5, 5.41) is 7.79. The van der Waals surface area contributed by atoms with Crippen LogP contribution in [0.25, 0.3) is 10.9 Å². The second-order valence-electron chi connectivity index (χ2n) is 4.29. The third-order valence-corrected chi connectivity index (χ3v) is 2.84. The fraction of sp³-hybridized carbons (Fsp3) is 0.462. The Hall–Kier alpha value is -1.91. The lowest BCUT2D eigenvalue weighted by Crippen LogP contribution is -2.32. The summed E-state index contributed by atoms with van der Waals surface area (Å²) >= 11 is 0. The van der Waals surface area contributed by atoms with Crippen molar-refractivity contribution >= 4 is 16.8 Å². The van der Waals surface area contributed by atoms with Crippen LogP contribution in [0.15, 0.2) is 18.5 Å². The second-order valence-corrected chi connectivity index (χ2v) is 4.29. The Balaban J connectivity index is 2.31. The molecule has 1 amide bonds. The number of fused-ring (bicyclic) bond motifs is 1. The smallest absolute Gasteiger partial charge is 0.275 e. The molecule has 2 aromatic rings. The van der Waals surface area contributed by atoms with E-state index >= 15 is 0 Å². The van der Waals surface area contributed by atoms with Gasteiger partial charge in [-0.15, -0.1) is 0 Å². The number of rotatable bonds is 5. The lowest BCUT2D eigenvalue weighted by molar-refractivity contribution is 0.0751. The van der Waals surface area contributed by atoms with Crippen LogP contribution in [0.1, 0.15) is 37.2 Å². The summed E-state index contributed by atoms with van der Waals surface area (Å²) in [6.07, 6.45) is 5.27. The molecule has 2 rings (SSSR count). The molecule has 5 nitrogen and oxygen atoms in total. The standard InChI is InChI=1S/C13H18N4O/c1-3-7-17(8-4-2)13(18)12-10-9-14-6-5-11(10)15-16-12/h5-6,9H,3-4,7-8H2,1-2H3,(H,15,16). The summed E-state index contributed by atoms with van der Waals surface area (Å²) in [6.45, 7) is 5.67. The number of carbonyl (C=O) groups excluding carboxylic acids is 1. The number of amides is 1. The van der Waals surface area contributed by atoms with Crippen LogP contribution in [0.4, 0.5) is 0 Å². The van der Waals surface area contributed by atoms with E-state index in [0.717, 1.165) is 36.8 Å². The summed E-state index contributed by atoms with van der Waals surface area (Å²) in [5.74, 6) is -0.0158. The van der Waals surface area contributed by atoms with E-state index in [2.05, 4.69) is 29.0 Å². The first-order valence-electron chi connectivity index (χ1n) is 6.35. The van der Waals surface area contributed by atoms with Crippen molar-refractivity contribution in [2.75, 3.05) is 13.1 Å². The first-order chi connectivity index (χ1) is 8.77. The zero-order chi connectivity index (χ0) is 13.0. The average Bonchev–Trinajstić information content (AvgIpc) is 2.81. The maximum absolute atomic E-state index is 12.4. The number of hydrogen-bond acceptors (Lipinski definition) is 3. The summed E-state index contributed by atoms with van der Waals surface area (Å²) in [4.78, 5) is 18.3. The maximum atomic E-state index is 12.4. The molecule has 0 saturated heterocycles. The highest BCUT2D eigenvalue weighted by molar-refractivity contribution is 6.04. The minimum absolute atomic E-state index is 0.0158. The number of aromatic amines is 1. The number of aromatic nitrogens is 3. The van der Waals surface area contributed by atoms with E-state index in [0.29, 0.717) is 5.69 Å². The van der Waals surface area contributed by atoms with Crippen LogP contribution in [-0.4, -0.2) is 39.1 Å². The van der Waals surface area contributed by atoms with Crippen LogP contribution in [-0.2, 0) is 0 Å². The van der Waals surface area contributed by atoms with Gasteiger partial charge in [0.1, 0.15) is 0 Å². The van der Waals surface area contributed by atoms with Crippen LogP contribution in [0.2, 0.25) is 0 Å². The Morgan fingerprint density at radius 3 is 2.72 bits per heavy atom. The lowest BCUT2D eigenvalue weighted by Gasteiger charge is -2.20. The predicted octanol–water partition coefficient (Wildman–Crippen LogP) is 2.22. The molecule has 96 valence electrons. The summed E-state index contributed by atoms with van der Waals surface area (Å²) in [7, 11) is 0. The van der Waals surface area contributed by atoms with E-state index in [1.54, 1.807) is 12.4 Å². The van der Waals surface area contributed by atoms with Crippen molar-refractivity contribution in [3.63, 3.8) is 0 Å². The van der Waals surface area contributed by atoms with E-state index < -0.39 is 0 Å². The fourth-order valence-electron chi connectivity index (χ4n) is 2.02. The summed E-state index contributed by atoms with van der Waals surface area (Å²) in [6, 6.07) is 1.82. The van der Waals surface area contributed by atoms with Gasteiger partial charge in [-0.25, -0.2) is 0 Å². The van der Waals surface area contributed by atoms with E-state index in [4.69, 9.17) is 0 Å². The van der Waals surface area contributed by atoms with E-state index in [9.17, 15) is 4.79 Å². The molecule has 1 N–H and O–H groups in total. The maximum Gasteiger partial charge on any atom is 0.275 e. The monoisotopic (exact) mass is 246 g/mol. The fourth-order valence-corrected chi connectivity index (χ4v) is 2.02. The van der Waals surface area contributed by atoms with Crippen LogP contribution in [0.3, 0.4) is 0 Å². The highest BCUT2D eigenvalue weighted by atomic mass is 16.2. The number of hydrogen-bond donors (Lipinski definition) is 1.